The molecule has 3 aliphatic rings. The lowest BCUT2D eigenvalue weighted by atomic mass is 9.79. The van der Waals surface area contributed by atoms with E-state index in [1.54, 1.807) is 11.0 Å². The lowest BCUT2D eigenvalue weighted by Crippen LogP contribution is -2.60. The number of halogens is 1. The maximum Gasteiger partial charge on any atom is 0.224 e. The average molecular weight is 446 g/mol. The van der Waals surface area contributed by atoms with Crippen LogP contribution in [0, 0.1) is 11.7 Å². The lowest BCUT2D eigenvalue weighted by Gasteiger charge is -2.48. The highest BCUT2D eigenvalue weighted by atomic mass is 19.1. The van der Waals surface area contributed by atoms with E-state index in [9.17, 15) is 14.0 Å². The number of piperidine rings is 1. The number of amides is 2. The van der Waals surface area contributed by atoms with Gasteiger partial charge in [0.25, 0.3) is 0 Å². The Labute approximate surface area is 190 Å². The normalized spacial score (nSPS) is 24.3. The van der Waals surface area contributed by atoms with Crippen molar-refractivity contribution in [1.82, 2.24) is 15.1 Å². The van der Waals surface area contributed by atoms with Crippen LogP contribution in [0.3, 0.4) is 0 Å². The van der Waals surface area contributed by atoms with Crippen molar-refractivity contribution in [1.29, 1.82) is 0 Å². The van der Waals surface area contributed by atoms with E-state index in [0.717, 1.165) is 44.7 Å². The van der Waals surface area contributed by atoms with Crippen LogP contribution in [0.15, 0.2) is 24.3 Å². The van der Waals surface area contributed by atoms with E-state index in [-0.39, 0.29) is 29.1 Å². The fourth-order valence-electron chi connectivity index (χ4n) is 5.55. The van der Waals surface area contributed by atoms with Crippen molar-refractivity contribution < 1.29 is 18.7 Å². The van der Waals surface area contributed by atoms with Crippen LogP contribution in [0.2, 0.25) is 0 Å². The number of nitrogens with one attached hydrogen (secondary N) is 1. The van der Waals surface area contributed by atoms with E-state index < -0.39 is 0 Å². The molecule has 176 valence electrons. The number of hydrogen-bond donors (Lipinski definition) is 1. The van der Waals surface area contributed by atoms with Crippen molar-refractivity contribution in [3.63, 3.8) is 0 Å². The van der Waals surface area contributed by atoms with Gasteiger partial charge in [-0.1, -0.05) is 31.4 Å². The Morgan fingerprint density at radius 2 is 1.97 bits per heavy atom. The SMILES string of the molecule is O=C(NCC1(N2CCOCC2)CCCCC1)[C@@H]1CCC(=O)N(CCc2cccc(F)c2)C1. The summed E-state index contributed by atoms with van der Waals surface area (Å²) in [6, 6.07) is 6.49. The molecule has 0 spiro atoms. The molecule has 2 amide bonds. The molecule has 7 heteroatoms. The summed E-state index contributed by atoms with van der Waals surface area (Å²) in [7, 11) is 0. The van der Waals surface area contributed by atoms with Gasteiger partial charge in [0.05, 0.1) is 19.1 Å². The van der Waals surface area contributed by atoms with Crippen LogP contribution >= 0.6 is 0 Å². The first-order valence-corrected chi connectivity index (χ1v) is 12.2. The molecule has 3 fully saturated rings. The molecule has 1 saturated carbocycles. The highest BCUT2D eigenvalue weighted by Crippen LogP contribution is 2.34. The highest BCUT2D eigenvalue weighted by molar-refractivity contribution is 5.83. The summed E-state index contributed by atoms with van der Waals surface area (Å²) in [4.78, 5) is 29.8. The molecular formula is C25H36FN3O3. The van der Waals surface area contributed by atoms with Gasteiger partial charge in [0.1, 0.15) is 5.82 Å². The van der Waals surface area contributed by atoms with Crippen molar-refractivity contribution >= 4 is 11.8 Å². The third-order valence-electron chi connectivity index (χ3n) is 7.49. The number of likely N-dealkylation sites (tertiary alicyclic amines) is 1. The number of carbonyl (C=O) groups excluding carboxylic acids is 2. The van der Waals surface area contributed by atoms with Gasteiger partial charge in [0.2, 0.25) is 11.8 Å². The van der Waals surface area contributed by atoms with Crippen LogP contribution in [-0.2, 0) is 20.7 Å². The molecule has 4 rings (SSSR count). The number of rotatable bonds is 7. The minimum atomic E-state index is -0.262. The van der Waals surface area contributed by atoms with E-state index >= 15 is 0 Å². The zero-order valence-electron chi connectivity index (χ0n) is 19.0. The molecule has 1 atom stereocenters. The molecule has 2 heterocycles. The summed E-state index contributed by atoms with van der Waals surface area (Å²) < 4.78 is 19.0. The van der Waals surface area contributed by atoms with Gasteiger partial charge in [-0.25, -0.2) is 4.39 Å². The summed E-state index contributed by atoms with van der Waals surface area (Å²) >= 11 is 0. The number of morpholine rings is 1. The Kier molecular flexibility index (Phi) is 7.79. The Morgan fingerprint density at radius 1 is 1.19 bits per heavy atom. The van der Waals surface area contributed by atoms with Crippen molar-refractivity contribution in [3.8, 4) is 0 Å². The fraction of sp³-hybridized carbons (Fsp3) is 0.680. The van der Waals surface area contributed by atoms with Crippen molar-refractivity contribution in [2.24, 2.45) is 5.92 Å². The van der Waals surface area contributed by atoms with Gasteiger partial charge in [-0.3, -0.25) is 14.5 Å². The largest absolute Gasteiger partial charge is 0.379 e. The Morgan fingerprint density at radius 3 is 2.72 bits per heavy atom. The van der Waals surface area contributed by atoms with Gasteiger partial charge in [-0.15, -0.1) is 0 Å². The summed E-state index contributed by atoms with van der Waals surface area (Å²) in [6.45, 7) is 5.04. The third kappa shape index (κ3) is 5.67. The van der Waals surface area contributed by atoms with Crippen molar-refractivity contribution in [2.45, 2.75) is 56.9 Å². The summed E-state index contributed by atoms with van der Waals surface area (Å²) in [5.74, 6) is -0.291. The molecule has 6 nitrogen and oxygen atoms in total. The first kappa shape index (κ1) is 23.2. The van der Waals surface area contributed by atoms with Crippen LogP contribution in [-0.4, -0.2) is 73.1 Å². The number of carbonyl (C=O) groups is 2. The van der Waals surface area contributed by atoms with Gasteiger partial charge < -0.3 is 15.0 Å². The van der Waals surface area contributed by atoms with E-state index in [4.69, 9.17) is 4.74 Å². The van der Waals surface area contributed by atoms with Crippen molar-refractivity contribution in [2.75, 3.05) is 45.9 Å². The minimum absolute atomic E-state index is 0.0409. The average Bonchev–Trinajstić information content (AvgIpc) is 2.83. The van der Waals surface area contributed by atoms with E-state index in [1.807, 2.05) is 6.07 Å². The quantitative estimate of drug-likeness (QED) is 0.701. The standard InChI is InChI=1S/C25H36FN3O3/c26-22-6-4-5-20(17-22)9-12-28-18-21(7-8-23(28)30)24(31)27-19-25(10-2-1-3-11-25)29-13-15-32-16-14-29/h4-6,17,21H,1-3,7-16,18-19H2,(H,27,31)/t21-/m1/s1. The summed E-state index contributed by atoms with van der Waals surface area (Å²) in [5.41, 5.74) is 0.910. The second-order valence-corrected chi connectivity index (χ2v) is 9.56. The molecule has 0 bridgehead atoms. The second-order valence-electron chi connectivity index (χ2n) is 9.56. The Bertz CT molecular complexity index is 790. The van der Waals surface area contributed by atoms with Crippen LogP contribution in [0.1, 0.15) is 50.5 Å². The molecule has 1 aliphatic carbocycles. The number of nitrogens with zero attached hydrogens (tertiary/aromatic N) is 2. The highest BCUT2D eigenvalue weighted by Gasteiger charge is 2.39. The van der Waals surface area contributed by atoms with Crippen LogP contribution < -0.4 is 5.32 Å². The molecule has 0 unspecified atom stereocenters. The first-order valence-electron chi connectivity index (χ1n) is 12.2. The third-order valence-corrected chi connectivity index (χ3v) is 7.49. The fourth-order valence-corrected chi connectivity index (χ4v) is 5.55. The molecule has 1 aromatic rings. The van der Waals surface area contributed by atoms with E-state index in [2.05, 4.69) is 10.2 Å². The monoisotopic (exact) mass is 445 g/mol. The van der Waals surface area contributed by atoms with E-state index in [1.165, 1.54) is 31.4 Å². The Balaban J connectivity index is 1.32. The Hall–Kier alpha value is -1.99. The van der Waals surface area contributed by atoms with Gasteiger partial charge in [0, 0.05) is 44.7 Å². The molecular weight excluding hydrogens is 409 g/mol. The molecule has 0 aromatic heterocycles. The van der Waals surface area contributed by atoms with Gasteiger partial charge in [-0.2, -0.15) is 0 Å². The molecule has 2 aliphatic heterocycles. The van der Waals surface area contributed by atoms with Crippen LogP contribution in [0.5, 0.6) is 0 Å². The van der Waals surface area contributed by atoms with Gasteiger partial charge in [0.15, 0.2) is 0 Å². The lowest BCUT2D eigenvalue weighted by molar-refractivity contribution is -0.138. The topological polar surface area (TPSA) is 61.9 Å². The second kappa shape index (κ2) is 10.8. The zero-order valence-corrected chi connectivity index (χ0v) is 19.0. The number of benzene rings is 1. The predicted octanol–water partition coefficient (Wildman–Crippen LogP) is 2.76. The number of ether oxygens (including phenoxy) is 1. The maximum atomic E-state index is 13.4. The summed E-state index contributed by atoms with van der Waals surface area (Å²) in [6.07, 6.45) is 7.52. The van der Waals surface area contributed by atoms with Gasteiger partial charge in [-0.05, 0) is 43.4 Å². The van der Waals surface area contributed by atoms with Gasteiger partial charge >= 0.3 is 0 Å². The van der Waals surface area contributed by atoms with Crippen molar-refractivity contribution in [3.05, 3.63) is 35.6 Å². The predicted molar refractivity (Wildman–Crippen MR) is 121 cm³/mol. The number of hydrogen-bond acceptors (Lipinski definition) is 4. The first-order chi connectivity index (χ1) is 15.6. The van der Waals surface area contributed by atoms with E-state index in [0.29, 0.717) is 38.9 Å². The molecule has 32 heavy (non-hydrogen) atoms. The molecule has 1 aromatic carbocycles. The zero-order chi connectivity index (χ0) is 22.4. The minimum Gasteiger partial charge on any atom is -0.379 e. The van der Waals surface area contributed by atoms with Crippen LogP contribution in [0.25, 0.3) is 0 Å². The molecule has 0 radical (unpaired) electrons. The summed E-state index contributed by atoms with van der Waals surface area (Å²) in [5, 5.41) is 3.27. The smallest absolute Gasteiger partial charge is 0.224 e. The van der Waals surface area contributed by atoms with Crippen LogP contribution in [0.4, 0.5) is 4.39 Å². The molecule has 1 N–H and O–H groups in total. The molecule has 2 saturated heterocycles. The maximum absolute atomic E-state index is 13.4.